The molecule has 0 radical (unpaired) electrons. The molecule has 1 N–H and O–H groups in total. The van der Waals surface area contributed by atoms with Gasteiger partial charge in [-0.1, -0.05) is 36.4 Å². The molecular formula is C18H18N2O. The van der Waals surface area contributed by atoms with E-state index in [0.29, 0.717) is 5.76 Å². The van der Waals surface area contributed by atoms with Crippen molar-refractivity contribution in [3.05, 3.63) is 71.6 Å². The van der Waals surface area contributed by atoms with E-state index in [1.54, 1.807) is 7.11 Å². The van der Waals surface area contributed by atoms with Gasteiger partial charge in [-0.3, -0.25) is 0 Å². The summed E-state index contributed by atoms with van der Waals surface area (Å²) in [4.78, 5) is 8.03. The largest absolute Gasteiger partial charge is 0.497 e. The zero-order valence-corrected chi connectivity index (χ0v) is 12.3. The summed E-state index contributed by atoms with van der Waals surface area (Å²) in [5.74, 6) is 1.62. The topological polar surface area (TPSA) is 37.9 Å². The van der Waals surface area contributed by atoms with Crippen molar-refractivity contribution in [2.24, 2.45) is 0 Å². The lowest BCUT2D eigenvalue weighted by molar-refractivity contribution is 0.371. The van der Waals surface area contributed by atoms with Crippen molar-refractivity contribution in [2.75, 3.05) is 7.11 Å². The molecule has 0 amide bonds. The summed E-state index contributed by atoms with van der Waals surface area (Å²) in [7, 11) is 1.63. The van der Waals surface area contributed by atoms with Crippen LogP contribution in [0.2, 0.25) is 0 Å². The molecule has 0 unspecified atom stereocenters. The number of benzene rings is 2. The third kappa shape index (κ3) is 2.82. The lowest BCUT2D eigenvalue weighted by atomic mass is 10.1. The van der Waals surface area contributed by atoms with Gasteiger partial charge in [-0.15, -0.1) is 0 Å². The SMILES string of the molecule is C=C(OC)c1ccc2[nH]c(Cc3cccc(C)c3)nc2c1. The van der Waals surface area contributed by atoms with E-state index in [2.05, 4.69) is 47.7 Å². The van der Waals surface area contributed by atoms with E-state index in [0.717, 1.165) is 28.8 Å². The van der Waals surface area contributed by atoms with Gasteiger partial charge in [0.2, 0.25) is 0 Å². The summed E-state index contributed by atoms with van der Waals surface area (Å²) in [6, 6.07) is 14.5. The zero-order valence-electron chi connectivity index (χ0n) is 12.3. The predicted octanol–water partition coefficient (Wildman–Crippen LogP) is 4.08. The Labute approximate surface area is 124 Å². The summed E-state index contributed by atoms with van der Waals surface area (Å²) in [6.45, 7) is 5.98. The smallest absolute Gasteiger partial charge is 0.118 e. The minimum atomic E-state index is 0.653. The number of aromatic amines is 1. The molecule has 0 atom stereocenters. The second-order valence-electron chi connectivity index (χ2n) is 5.21. The zero-order chi connectivity index (χ0) is 14.8. The van der Waals surface area contributed by atoms with Crippen LogP contribution in [0.25, 0.3) is 16.8 Å². The number of hydrogen-bond acceptors (Lipinski definition) is 2. The van der Waals surface area contributed by atoms with E-state index in [1.807, 2.05) is 18.2 Å². The monoisotopic (exact) mass is 278 g/mol. The van der Waals surface area contributed by atoms with E-state index < -0.39 is 0 Å². The van der Waals surface area contributed by atoms with E-state index in [-0.39, 0.29) is 0 Å². The van der Waals surface area contributed by atoms with Crippen LogP contribution in [0, 0.1) is 6.92 Å². The Kier molecular flexibility index (Phi) is 3.48. The minimum absolute atomic E-state index is 0.653. The number of fused-ring (bicyclic) bond motifs is 1. The normalized spacial score (nSPS) is 10.8. The molecule has 3 nitrogen and oxygen atoms in total. The Bertz CT molecular complexity index is 802. The number of aromatic nitrogens is 2. The Hall–Kier alpha value is -2.55. The molecule has 0 aliphatic heterocycles. The molecule has 0 bridgehead atoms. The van der Waals surface area contributed by atoms with Gasteiger partial charge in [0.05, 0.1) is 18.1 Å². The quantitative estimate of drug-likeness (QED) is 0.730. The fourth-order valence-corrected chi connectivity index (χ4v) is 2.45. The van der Waals surface area contributed by atoms with Crippen molar-refractivity contribution >= 4 is 16.8 Å². The molecule has 1 aromatic heterocycles. The molecule has 106 valence electrons. The minimum Gasteiger partial charge on any atom is -0.497 e. The van der Waals surface area contributed by atoms with Gasteiger partial charge in [0.25, 0.3) is 0 Å². The van der Waals surface area contributed by atoms with Gasteiger partial charge in [-0.2, -0.15) is 0 Å². The molecule has 3 rings (SSSR count). The third-order valence-corrected chi connectivity index (χ3v) is 3.55. The van der Waals surface area contributed by atoms with Crippen LogP contribution in [0.15, 0.2) is 49.0 Å². The first-order valence-corrected chi connectivity index (χ1v) is 6.93. The van der Waals surface area contributed by atoms with Gasteiger partial charge in [-0.05, 0) is 30.7 Å². The average Bonchev–Trinajstić information content (AvgIpc) is 2.87. The van der Waals surface area contributed by atoms with Gasteiger partial charge in [0.1, 0.15) is 11.6 Å². The number of hydrogen-bond donors (Lipinski definition) is 1. The van der Waals surface area contributed by atoms with Gasteiger partial charge >= 0.3 is 0 Å². The van der Waals surface area contributed by atoms with Gasteiger partial charge in [0.15, 0.2) is 0 Å². The highest BCUT2D eigenvalue weighted by molar-refractivity contribution is 5.79. The highest BCUT2D eigenvalue weighted by Crippen LogP contribution is 2.20. The molecule has 2 aromatic carbocycles. The Morgan fingerprint density at radius 2 is 2.10 bits per heavy atom. The maximum atomic E-state index is 5.17. The molecule has 0 fully saturated rings. The number of aryl methyl sites for hydroxylation is 1. The molecular weight excluding hydrogens is 260 g/mol. The fraction of sp³-hybridized carbons (Fsp3) is 0.167. The molecule has 1 heterocycles. The van der Waals surface area contributed by atoms with E-state index in [9.17, 15) is 0 Å². The van der Waals surface area contributed by atoms with Crippen LogP contribution in [0.1, 0.15) is 22.5 Å². The lowest BCUT2D eigenvalue weighted by Crippen LogP contribution is -1.90. The van der Waals surface area contributed by atoms with Crippen molar-refractivity contribution in [1.29, 1.82) is 0 Å². The van der Waals surface area contributed by atoms with Crippen LogP contribution in [0.3, 0.4) is 0 Å². The van der Waals surface area contributed by atoms with E-state index >= 15 is 0 Å². The average molecular weight is 278 g/mol. The van der Waals surface area contributed by atoms with Crippen LogP contribution in [0.4, 0.5) is 0 Å². The molecule has 21 heavy (non-hydrogen) atoms. The Balaban J connectivity index is 1.92. The number of H-pyrrole nitrogens is 1. The molecule has 3 aromatic rings. The van der Waals surface area contributed by atoms with Crippen LogP contribution >= 0.6 is 0 Å². The number of imidazole rings is 1. The Morgan fingerprint density at radius 1 is 1.24 bits per heavy atom. The van der Waals surface area contributed by atoms with Crippen LogP contribution in [0.5, 0.6) is 0 Å². The first kappa shape index (κ1) is 13.4. The molecule has 0 saturated carbocycles. The maximum Gasteiger partial charge on any atom is 0.118 e. The number of methoxy groups -OCH3 is 1. The summed E-state index contributed by atoms with van der Waals surface area (Å²) < 4.78 is 5.17. The second-order valence-corrected chi connectivity index (χ2v) is 5.21. The molecule has 0 aliphatic rings. The van der Waals surface area contributed by atoms with Gasteiger partial charge in [0, 0.05) is 12.0 Å². The maximum absolute atomic E-state index is 5.17. The number of nitrogens with one attached hydrogen (secondary N) is 1. The highest BCUT2D eigenvalue weighted by Gasteiger charge is 2.06. The van der Waals surface area contributed by atoms with E-state index in [4.69, 9.17) is 4.74 Å². The third-order valence-electron chi connectivity index (χ3n) is 3.55. The summed E-state index contributed by atoms with van der Waals surface area (Å²) in [6.07, 6.45) is 0.802. The first-order valence-electron chi connectivity index (χ1n) is 6.93. The van der Waals surface area contributed by atoms with Gasteiger partial charge < -0.3 is 9.72 Å². The van der Waals surface area contributed by atoms with Crippen LogP contribution in [-0.2, 0) is 11.2 Å². The van der Waals surface area contributed by atoms with Crippen molar-refractivity contribution in [1.82, 2.24) is 9.97 Å². The number of rotatable bonds is 4. The lowest BCUT2D eigenvalue weighted by Gasteiger charge is -2.02. The standard InChI is InChI=1S/C18H18N2O/c1-12-5-4-6-14(9-12)10-18-19-16-8-7-15(13(2)21-3)11-17(16)20-18/h4-9,11H,2,10H2,1,3H3,(H,19,20). The molecule has 3 heteroatoms. The van der Waals surface area contributed by atoms with Crippen LogP contribution in [-0.4, -0.2) is 17.1 Å². The van der Waals surface area contributed by atoms with Crippen molar-refractivity contribution in [3.8, 4) is 0 Å². The predicted molar refractivity (Wildman–Crippen MR) is 86.1 cm³/mol. The van der Waals surface area contributed by atoms with Crippen molar-refractivity contribution < 1.29 is 4.74 Å². The van der Waals surface area contributed by atoms with E-state index in [1.165, 1.54) is 11.1 Å². The molecule has 0 aliphatic carbocycles. The summed E-state index contributed by atoms with van der Waals surface area (Å²) in [5, 5.41) is 0. The first-order chi connectivity index (χ1) is 10.2. The number of ether oxygens (including phenoxy) is 1. The van der Waals surface area contributed by atoms with Crippen molar-refractivity contribution in [3.63, 3.8) is 0 Å². The number of nitrogens with zero attached hydrogens (tertiary/aromatic N) is 1. The fourth-order valence-electron chi connectivity index (χ4n) is 2.45. The Morgan fingerprint density at radius 3 is 2.86 bits per heavy atom. The molecule has 0 spiro atoms. The summed E-state index contributed by atoms with van der Waals surface area (Å²) >= 11 is 0. The van der Waals surface area contributed by atoms with Crippen LogP contribution < -0.4 is 0 Å². The molecule has 0 saturated heterocycles. The van der Waals surface area contributed by atoms with Crippen molar-refractivity contribution in [2.45, 2.75) is 13.3 Å². The highest BCUT2D eigenvalue weighted by atomic mass is 16.5. The second kappa shape index (κ2) is 5.44. The van der Waals surface area contributed by atoms with Gasteiger partial charge in [-0.25, -0.2) is 4.98 Å². The summed E-state index contributed by atoms with van der Waals surface area (Å²) in [5.41, 5.74) is 5.45.